The number of ether oxygens (including phenoxy) is 4. The van der Waals surface area contributed by atoms with Gasteiger partial charge in [0.15, 0.2) is 11.5 Å². The summed E-state index contributed by atoms with van der Waals surface area (Å²) in [5.74, 6) is 3.42. The number of phenolic OH excluding ortho intramolecular Hbond substituents is 1. The van der Waals surface area contributed by atoms with Crippen LogP contribution in [0.15, 0.2) is 24.3 Å². The topological polar surface area (TPSA) is 77.4 Å². The normalized spacial score (nSPS) is 22.3. The van der Waals surface area contributed by atoms with Gasteiger partial charge in [-0.25, -0.2) is 0 Å². The van der Waals surface area contributed by atoms with Crippen LogP contribution < -0.4 is 18.9 Å². The van der Waals surface area contributed by atoms with E-state index in [4.69, 9.17) is 18.9 Å². The predicted octanol–water partition coefficient (Wildman–Crippen LogP) is 3.29. The van der Waals surface area contributed by atoms with Gasteiger partial charge in [-0.05, 0) is 36.5 Å². The van der Waals surface area contributed by atoms with Crippen molar-refractivity contribution in [2.75, 3.05) is 20.0 Å². The van der Waals surface area contributed by atoms with Crippen LogP contribution in [0.2, 0.25) is 0 Å². The molecule has 0 aliphatic carbocycles. The van der Waals surface area contributed by atoms with Gasteiger partial charge in [0.1, 0.15) is 23.4 Å². The number of aliphatic hydroxyl groups excluding tert-OH is 1. The molecule has 3 atom stereocenters. The van der Waals surface area contributed by atoms with E-state index in [1.807, 2.05) is 25.1 Å². The average Bonchev–Trinajstić information content (AvgIpc) is 3.27. The molecule has 0 amide bonds. The minimum absolute atomic E-state index is 0.0794. The fourth-order valence-electron chi connectivity index (χ4n) is 4.02. The van der Waals surface area contributed by atoms with E-state index in [0.717, 1.165) is 34.6 Å². The van der Waals surface area contributed by atoms with Gasteiger partial charge in [0, 0.05) is 29.9 Å². The van der Waals surface area contributed by atoms with Gasteiger partial charge in [0.05, 0.1) is 12.5 Å². The van der Waals surface area contributed by atoms with Crippen LogP contribution in [0, 0.1) is 5.92 Å². The van der Waals surface area contributed by atoms with Gasteiger partial charge in [0.25, 0.3) is 0 Å². The summed E-state index contributed by atoms with van der Waals surface area (Å²) in [5, 5.41) is 19.6. The Kier molecular flexibility index (Phi) is 3.82. The summed E-state index contributed by atoms with van der Waals surface area (Å²) in [6.07, 6.45) is 1.35. The van der Waals surface area contributed by atoms with Gasteiger partial charge in [-0.15, -0.1) is 0 Å². The highest BCUT2D eigenvalue weighted by atomic mass is 16.7. The van der Waals surface area contributed by atoms with E-state index in [1.54, 1.807) is 6.07 Å². The van der Waals surface area contributed by atoms with Crippen molar-refractivity contribution in [1.82, 2.24) is 0 Å². The van der Waals surface area contributed by atoms with E-state index in [2.05, 4.69) is 0 Å². The molecule has 142 valence electrons. The zero-order valence-corrected chi connectivity index (χ0v) is 15.1. The van der Waals surface area contributed by atoms with Gasteiger partial charge >= 0.3 is 0 Å². The molecule has 3 aliphatic heterocycles. The van der Waals surface area contributed by atoms with Gasteiger partial charge in [0.2, 0.25) is 6.79 Å². The van der Waals surface area contributed by atoms with Crippen molar-refractivity contribution < 1.29 is 29.2 Å². The third-order valence-electron chi connectivity index (χ3n) is 5.68. The lowest BCUT2D eigenvalue weighted by atomic mass is 9.87. The van der Waals surface area contributed by atoms with Crippen LogP contribution in [0.25, 0.3) is 0 Å². The maximum atomic E-state index is 10.4. The number of benzene rings is 2. The maximum Gasteiger partial charge on any atom is 0.231 e. The molecule has 5 rings (SSSR count). The summed E-state index contributed by atoms with van der Waals surface area (Å²) in [6, 6.07) is 7.54. The van der Waals surface area contributed by atoms with E-state index >= 15 is 0 Å². The van der Waals surface area contributed by atoms with Crippen LogP contribution in [-0.4, -0.2) is 30.2 Å². The standard InChI is InChI=1S/C21H22O6/c1-11(8-22)2-3-12-4-14-17(6-16(12)23)24-9-15-13-5-19-20(26-10-25-19)7-18(13)27-21(14)15/h4-7,11,15,21-23H,2-3,8-10H2,1H3/t11?,15-,21-/m0/s1. The third kappa shape index (κ3) is 2.67. The third-order valence-corrected chi connectivity index (χ3v) is 5.68. The van der Waals surface area contributed by atoms with Crippen molar-refractivity contribution in [2.24, 2.45) is 5.92 Å². The minimum Gasteiger partial charge on any atom is -0.508 e. The molecule has 27 heavy (non-hydrogen) atoms. The maximum absolute atomic E-state index is 10.4. The zero-order chi connectivity index (χ0) is 18.5. The van der Waals surface area contributed by atoms with Crippen LogP contribution in [0.1, 0.15) is 42.1 Å². The van der Waals surface area contributed by atoms with Crippen LogP contribution in [0.3, 0.4) is 0 Å². The number of hydrogen-bond acceptors (Lipinski definition) is 6. The Morgan fingerprint density at radius 2 is 1.81 bits per heavy atom. The second-order valence-corrected chi connectivity index (χ2v) is 7.54. The lowest BCUT2D eigenvalue weighted by Crippen LogP contribution is -2.23. The summed E-state index contributed by atoms with van der Waals surface area (Å²) in [7, 11) is 0. The number of hydrogen-bond donors (Lipinski definition) is 2. The minimum atomic E-state index is -0.152. The Bertz CT molecular complexity index is 893. The molecule has 2 aromatic carbocycles. The molecular formula is C21H22O6. The Morgan fingerprint density at radius 3 is 2.63 bits per heavy atom. The molecule has 0 fully saturated rings. The van der Waals surface area contributed by atoms with Crippen molar-refractivity contribution >= 4 is 0 Å². The monoisotopic (exact) mass is 370 g/mol. The lowest BCUT2D eigenvalue weighted by Gasteiger charge is -2.28. The molecule has 0 radical (unpaired) electrons. The molecule has 6 nitrogen and oxygen atoms in total. The Hall–Kier alpha value is -2.60. The molecule has 2 aromatic rings. The molecule has 0 bridgehead atoms. The zero-order valence-electron chi connectivity index (χ0n) is 15.1. The first-order valence-electron chi connectivity index (χ1n) is 9.33. The van der Waals surface area contributed by atoms with Crippen molar-refractivity contribution in [3.63, 3.8) is 0 Å². The first kappa shape index (κ1) is 16.6. The highest BCUT2D eigenvalue weighted by molar-refractivity contribution is 5.58. The van der Waals surface area contributed by atoms with Gasteiger partial charge in [-0.2, -0.15) is 0 Å². The van der Waals surface area contributed by atoms with Gasteiger partial charge < -0.3 is 29.2 Å². The number of aryl methyl sites for hydroxylation is 1. The van der Waals surface area contributed by atoms with E-state index in [-0.39, 0.29) is 37.1 Å². The quantitative estimate of drug-likeness (QED) is 0.860. The summed E-state index contributed by atoms with van der Waals surface area (Å²) in [4.78, 5) is 0. The summed E-state index contributed by atoms with van der Waals surface area (Å²) >= 11 is 0. The van der Waals surface area contributed by atoms with Gasteiger partial charge in [-0.3, -0.25) is 0 Å². The second kappa shape index (κ2) is 6.23. The van der Waals surface area contributed by atoms with Crippen LogP contribution in [0.5, 0.6) is 28.7 Å². The summed E-state index contributed by atoms with van der Waals surface area (Å²) in [5.41, 5.74) is 2.87. The van der Waals surface area contributed by atoms with Gasteiger partial charge in [-0.1, -0.05) is 6.92 Å². The molecule has 3 heterocycles. The predicted molar refractivity (Wildman–Crippen MR) is 96.8 cm³/mol. The van der Waals surface area contributed by atoms with E-state index in [1.165, 1.54) is 0 Å². The van der Waals surface area contributed by atoms with Crippen molar-refractivity contribution in [3.05, 3.63) is 41.0 Å². The summed E-state index contributed by atoms with van der Waals surface area (Å²) < 4.78 is 23.2. The van der Waals surface area contributed by atoms with Crippen molar-refractivity contribution in [1.29, 1.82) is 0 Å². The highest BCUT2D eigenvalue weighted by Gasteiger charge is 2.42. The van der Waals surface area contributed by atoms with Crippen LogP contribution >= 0.6 is 0 Å². The Labute approximate surface area is 157 Å². The molecule has 0 saturated heterocycles. The smallest absolute Gasteiger partial charge is 0.231 e. The Balaban J connectivity index is 1.47. The molecule has 0 saturated carbocycles. The highest BCUT2D eigenvalue weighted by Crippen LogP contribution is 2.54. The number of fused-ring (bicyclic) bond motifs is 6. The molecule has 0 spiro atoms. The first-order chi connectivity index (χ1) is 13.1. The molecular weight excluding hydrogens is 348 g/mol. The number of rotatable bonds is 4. The number of phenols is 1. The van der Waals surface area contributed by atoms with Crippen LogP contribution in [0.4, 0.5) is 0 Å². The molecule has 1 unspecified atom stereocenters. The lowest BCUT2D eigenvalue weighted by molar-refractivity contribution is 0.138. The second-order valence-electron chi connectivity index (χ2n) is 7.54. The van der Waals surface area contributed by atoms with Crippen molar-refractivity contribution in [2.45, 2.75) is 31.8 Å². The fraction of sp³-hybridized carbons (Fsp3) is 0.429. The van der Waals surface area contributed by atoms with Crippen LogP contribution in [-0.2, 0) is 6.42 Å². The Morgan fingerprint density at radius 1 is 1.00 bits per heavy atom. The molecule has 2 N–H and O–H groups in total. The first-order valence-corrected chi connectivity index (χ1v) is 9.33. The van der Waals surface area contributed by atoms with E-state index < -0.39 is 0 Å². The SMILES string of the molecule is CC(CO)CCc1cc2c(cc1O)OC[C@H]1c3cc4c(cc3O[C@@H]21)OCO4. The van der Waals surface area contributed by atoms with E-state index in [9.17, 15) is 10.2 Å². The average molecular weight is 370 g/mol. The summed E-state index contributed by atoms with van der Waals surface area (Å²) in [6.45, 7) is 2.87. The number of aliphatic hydroxyl groups is 1. The molecule has 6 heteroatoms. The molecule has 3 aliphatic rings. The largest absolute Gasteiger partial charge is 0.508 e. The fourth-order valence-corrected chi connectivity index (χ4v) is 4.02. The number of aromatic hydroxyl groups is 1. The van der Waals surface area contributed by atoms with E-state index in [0.29, 0.717) is 24.5 Å². The molecule has 0 aromatic heterocycles. The van der Waals surface area contributed by atoms with Crippen molar-refractivity contribution in [3.8, 4) is 28.7 Å².